The molecule has 1 saturated heterocycles. The minimum absolute atomic E-state index is 0.184. The molecule has 1 heterocycles. The van der Waals surface area contributed by atoms with Crippen molar-refractivity contribution >= 4 is 11.6 Å². The predicted octanol–water partition coefficient (Wildman–Crippen LogP) is 2.11. The lowest BCUT2D eigenvalue weighted by atomic mass is 10.2. The topological polar surface area (TPSA) is 35.6 Å². The summed E-state index contributed by atoms with van der Waals surface area (Å²) in [5, 5.41) is 3.50. The highest BCUT2D eigenvalue weighted by molar-refractivity contribution is 5.94. The van der Waals surface area contributed by atoms with Crippen LogP contribution in [0.2, 0.25) is 0 Å². The molecule has 116 valence electrons. The van der Waals surface area contributed by atoms with Crippen molar-refractivity contribution < 1.29 is 4.79 Å². The van der Waals surface area contributed by atoms with Gasteiger partial charge in [0, 0.05) is 24.8 Å². The largest absolute Gasteiger partial charge is 0.313 e. The molecule has 0 radical (unpaired) electrons. The summed E-state index contributed by atoms with van der Waals surface area (Å²) in [6.07, 6.45) is 2.47. The van der Waals surface area contributed by atoms with Crippen molar-refractivity contribution in [2.75, 3.05) is 37.6 Å². The van der Waals surface area contributed by atoms with Crippen LogP contribution >= 0.6 is 0 Å². The first kappa shape index (κ1) is 16.0. The Morgan fingerprint density at radius 3 is 2.57 bits per heavy atom. The highest BCUT2D eigenvalue weighted by Gasteiger charge is 2.21. The van der Waals surface area contributed by atoms with Gasteiger partial charge in [-0.15, -0.1) is 0 Å². The number of hydrogen-bond acceptors (Lipinski definition) is 3. The van der Waals surface area contributed by atoms with Gasteiger partial charge in [-0.2, -0.15) is 0 Å². The number of para-hydroxylation sites is 1. The Hall–Kier alpha value is -1.39. The van der Waals surface area contributed by atoms with Crippen LogP contribution in [0.5, 0.6) is 0 Å². The maximum Gasteiger partial charge on any atom is 0.241 e. The molecular weight excluding hydrogens is 262 g/mol. The van der Waals surface area contributed by atoms with Gasteiger partial charge in [-0.05, 0) is 45.0 Å². The number of amides is 1. The van der Waals surface area contributed by atoms with E-state index in [1.807, 2.05) is 42.2 Å². The van der Waals surface area contributed by atoms with Crippen LogP contribution in [0.4, 0.5) is 5.69 Å². The zero-order valence-corrected chi connectivity index (χ0v) is 13.2. The van der Waals surface area contributed by atoms with Crippen molar-refractivity contribution in [3.63, 3.8) is 0 Å². The fraction of sp³-hybridized carbons (Fsp3) is 0.588. The van der Waals surface area contributed by atoms with Gasteiger partial charge >= 0.3 is 0 Å². The van der Waals surface area contributed by atoms with Crippen LogP contribution in [-0.2, 0) is 4.79 Å². The van der Waals surface area contributed by atoms with E-state index in [9.17, 15) is 4.79 Å². The Morgan fingerprint density at radius 1 is 1.24 bits per heavy atom. The van der Waals surface area contributed by atoms with E-state index in [-0.39, 0.29) is 5.91 Å². The molecule has 1 unspecified atom stereocenters. The minimum Gasteiger partial charge on any atom is -0.313 e. The second-order valence-electron chi connectivity index (χ2n) is 5.59. The maximum absolute atomic E-state index is 12.6. The minimum atomic E-state index is 0.184. The SMILES string of the molecule is CCN(CC(=O)N(CC)c1ccccc1)CC1CCCN1. The van der Waals surface area contributed by atoms with Crippen LogP contribution < -0.4 is 10.2 Å². The molecule has 1 atom stereocenters. The Morgan fingerprint density at radius 2 is 2.00 bits per heavy atom. The Bertz CT molecular complexity index is 429. The number of benzene rings is 1. The lowest BCUT2D eigenvalue weighted by Crippen LogP contribution is -2.44. The molecule has 0 aliphatic carbocycles. The fourth-order valence-electron chi connectivity index (χ4n) is 2.92. The number of nitrogens with zero attached hydrogens (tertiary/aromatic N) is 2. The van der Waals surface area contributed by atoms with Crippen molar-refractivity contribution in [2.45, 2.75) is 32.7 Å². The second kappa shape index (κ2) is 8.15. The summed E-state index contributed by atoms with van der Waals surface area (Å²) in [4.78, 5) is 16.7. The van der Waals surface area contributed by atoms with Gasteiger partial charge in [-0.1, -0.05) is 25.1 Å². The molecule has 1 aliphatic heterocycles. The van der Waals surface area contributed by atoms with E-state index in [1.165, 1.54) is 12.8 Å². The lowest BCUT2D eigenvalue weighted by molar-refractivity contribution is -0.119. The summed E-state index contributed by atoms with van der Waals surface area (Å²) in [7, 11) is 0. The Kier molecular flexibility index (Phi) is 6.21. The molecule has 0 aromatic heterocycles. The third-order valence-electron chi connectivity index (χ3n) is 4.13. The average molecular weight is 289 g/mol. The number of rotatable bonds is 7. The molecule has 1 aromatic rings. The van der Waals surface area contributed by atoms with Gasteiger partial charge < -0.3 is 10.2 Å². The van der Waals surface area contributed by atoms with Gasteiger partial charge in [0.2, 0.25) is 5.91 Å². The van der Waals surface area contributed by atoms with Gasteiger partial charge in [0.25, 0.3) is 0 Å². The van der Waals surface area contributed by atoms with E-state index in [0.29, 0.717) is 19.1 Å². The van der Waals surface area contributed by atoms with Crippen molar-refractivity contribution in [2.24, 2.45) is 0 Å². The maximum atomic E-state index is 12.6. The van der Waals surface area contributed by atoms with E-state index < -0.39 is 0 Å². The number of carbonyl (C=O) groups is 1. The highest BCUT2D eigenvalue weighted by atomic mass is 16.2. The normalized spacial score (nSPS) is 18.1. The first-order valence-electron chi connectivity index (χ1n) is 8.05. The van der Waals surface area contributed by atoms with E-state index in [1.54, 1.807) is 0 Å². The van der Waals surface area contributed by atoms with E-state index in [0.717, 1.165) is 25.3 Å². The molecule has 1 aliphatic rings. The molecule has 1 N–H and O–H groups in total. The summed E-state index contributed by atoms with van der Waals surface area (Å²) in [5.41, 5.74) is 0.986. The van der Waals surface area contributed by atoms with E-state index in [2.05, 4.69) is 17.1 Å². The molecule has 1 fully saturated rings. The van der Waals surface area contributed by atoms with Crippen molar-refractivity contribution in [3.8, 4) is 0 Å². The Balaban J connectivity index is 1.93. The monoisotopic (exact) mass is 289 g/mol. The van der Waals surface area contributed by atoms with Crippen LogP contribution in [0.3, 0.4) is 0 Å². The molecule has 1 amide bonds. The summed E-state index contributed by atoms with van der Waals surface area (Å²) in [6.45, 7) is 8.35. The average Bonchev–Trinajstić information content (AvgIpc) is 3.01. The van der Waals surface area contributed by atoms with Crippen LogP contribution in [0.25, 0.3) is 0 Å². The molecule has 1 aromatic carbocycles. The first-order chi connectivity index (χ1) is 10.2. The molecule has 4 nitrogen and oxygen atoms in total. The van der Waals surface area contributed by atoms with Crippen molar-refractivity contribution in [1.29, 1.82) is 0 Å². The fourth-order valence-corrected chi connectivity index (χ4v) is 2.92. The molecule has 21 heavy (non-hydrogen) atoms. The van der Waals surface area contributed by atoms with Crippen molar-refractivity contribution in [3.05, 3.63) is 30.3 Å². The summed E-state index contributed by atoms with van der Waals surface area (Å²) in [5.74, 6) is 0.184. The number of likely N-dealkylation sites (N-methyl/N-ethyl adjacent to an activating group) is 2. The zero-order chi connectivity index (χ0) is 15.1. The van der Waals surface area contributed by atoms with Crippen LogP contribution in [0.15, 0.2) is 30.3 Å². The zero-order valence-electron chi connectivity index (χ0n) is 13.2. The van der Waals surface area contributed by atoms with Crippen molar-refractivity contribution in [1.82, 2.24) is 10.2 Å². The van der Waals surface area contributed by atoms with Crippen LogP contribution in [0.1, 0.15) is 26.7 Å². The molecule has 0 saturated carbocycles. The first-order valence-corrected chi connectivity index (χ1v) is 8.05. The third-order valence-corrected chi connectivity index (χ3v) is 4.13. The number of hydrogen-bond donors (Lipinski definition) is 1. The summed E-state index contributed by atoms with van der Waals surface area (Å²) in [6, 6.07) is 10.5. The predicted molar refractivity (Wildman–Crippen MR) is 87.6 cm³/mol. The third kappa shape index (κ3) is 4.55. The van der Waals surface area contributed by atoms with E-state index in [4.69, 9.17) is 0 Å². The van der Waals surface area contributed by atoms with Gasteiger partial charge in [0.05, 0.1) is 6.54 Å². The smallest absolute Gasteiger partial charge is 0.241 e. The molecule has 0 bridgehead atoms. The number of carbonyl (C=O) groups excluding carboxylic acids is 1. The van der Waals surface area contributed by atoms with Gasteiger partial charge in [0.1, 0.15) is 0 Å². The molecule has 0 spiro atoms. The van der Waals surface area contributed by atoms with Crippen LogP contribution in [0, 0.1) is 0 Å². The van der Waals surface area contributed by atoms with Gasteiger partial charge in [-0.25, -0.2) is 0 Å². The lowest BCUT2D eigenvalue weighted by Gasteiger charge is -2.27. The molecular formula is C17H27N3O. The number of anilines is 1. The van der Waals surface area contributed by atoms with Gasteiger partial charge in [0.15, 0.2) is 0 Å². The quantitative estimate of drug-likeness (QED) is 0.835. The highest BCUT2D eigenvalue weighted by Crippen LogP contribution is 2.14. The summed E-state index contributed by atoms with van der Waals surface area (Å²) < 4.78 is 0. The second-order valence-corrected chi connectivity index (χ2v) is 5.59. The van der Waals surface area contributed by atoms with Crippen LogP contribution in [-0.4, -0.2) is 49.6 Å². The van der Waals surface area contributed by atoms with Gasteiger partial charge in [-0.3, -0.25) is 9.69 Å². The standard InChI is InChI=1S/C17H27N3O/c1-3-19(13-15-9-8-12-18-15)14-17(21)20(4-2)16-10-6-5-7-11-16/h5-7,10-11,15,18H,3-4,8-9,12-14H2,1-2H3. The molecule has 4 heteroatoms. The Labute approximate surface area is 128 Å². The van der Waals surface area contributed by atoms with E-state index >= 15 is 0 Å². The molecule has 2 rings (SSSR count). The summed E-state index contributed by atoms with van der Waals surface area (Å²) >= 11 is 0. The number of nitrogens with one attached hydrogen (secondary N) is 1.